The van der Waals surface area contributed by atoms with Crippen molar-refractivity contribution in [1.82, 2.24) is 9.80 Å². The number of likely N-dealkylation sites (tertiary alicyclic amines) is 1. The van der Waals surface area contributed by atoms with Crippen molar-refractivity contribution in [2.24, 2.45) is 11.7 Å². The third-order valence-corrected chi connectivity index (χ3v) is 5.52. The lowest BCUT2D eigenvalue weighted by Gasteiger charge is -2.35. The highest BCUT2D eigenvalue weighted by Crippen LogP contribution is 2.22. The lowest BCUT2D eigenvalue weighted by molar-refractivity contribution is -0.137. The first kappa shape index (κ1) is 21.1. The van der Waals surface area contributed by atoms with E-state index in [4.69, 9.17) is 5.73 Å². The zero-order chi connectivity index (χ0) is 20.6. The second kappa shape index (κ2) is 10.2. The van der Waals surface area contributed by atoms with Crippen LogP contribution >= 0.6 is 0 Å². The highest BCUT2D eigenvalue weighted by atomic mass is 16.2. The molecule has 0 saturated carbocycles. The van der Waals surface area contributed by atoms with Crippen molar-refractivity contribution in [3.05, 3.63) is 71.3 Å². The Morgan fingerprint density at radius 3 is 2.52 bits per heavy atom. The molecule has 1 heterocycles. The number of carbonyl (C=O) groups is 2. The first-order valence-corrected chi connectivity index (χ1v) is 10.5. The number of nitrogens with zero attached hydrogens (tertiary/aromatic N) is 2. The van der Waals surface area contributed by atoms with Crippen molar-refractivity contribution in [3.8, 4) is 0 Å². The van der Waals surface area contributed by atoms with Gasteiger partial charge in [-0.3, -0.25) is 9.59 Å². The number of piperidine rings is 1. The number of benzene rings is 2. The second-order valence-electron chi connectivity index (χ2n) is 7.84. The number of rotatable bonds is 7. The maximum Gasteiger partial charge on any atom is 0.253 e. The molecule has 5 nitrogen and oxygen atoms in total. The molecule has 154 valence electrons. The van der Waals surface area contributed by atoms with Crippen LogP contribution in [0.5, 0.6) is 0 Å². The Morgan fingerprint density at radius 2 is 1.83 bits per heavy atom. The van der Waals surface area contributed by atoms with Crippen LogP contribution < -0.4 is 5.73 Å². The molecule has 29 heavy (non-hydrogen) atoms. The minimum Gasteiger partial charge on any atom is -0.338 e. The van der Waals surface area contributed by atoms with E-state index in [1.165, 1.54) is 0 Å². The van der Waals surface area contributed by atoms with Gasteiger partial charge in [0.05, 0.1) is 5.92 Å². The smallest absolute Gasteiger partial charge is 0.253 e. The Hall–Kier alpha value is -2.66. The van der Waals surface area contributed by atoms with E-state index < -0.39 is 0 Å². The standard InChI is InChI=1S/C24H31N3O2/c1-19-10-12-21(13-11-19)23(28)27-15-5-9-22(18-27)24(29)26(16-6-14-25)17-20-7-3-2-4-8-20/h2-4,7-8,10-13,22H,5-6,9,14-18,25H2,1H3. The van der Waals surface area contributed by atoms with E-state index >= 15 is 0 Å². The van der Waals surface area contributed by atoms with Crippen molar-refractivity contribution < 1.29 is 9.59 Å². The van der Waals surface area contributed by atoms with Crippen molar-refractivity contribution in [2.45, 2.75) is 32.7 Å². The summed E-state index contributed by atoms with van der Waals surface area (Å²) in [5.74, 6) is -0.0117. The Bertz CT molecular complexity index is 805. The van der Waals surface area contributed by atoms with Crippen LogP contribution in [-0.2, 0) is 11.3 Å². The molecule has 1 aliphatic heterocycles. The average molecular weight is 394 g/mol. The fourth-order valence-electron chi connectivity index (χ4n) is 3.85. The summed E-state index contributed by atoms with van der Waals surface area (Å²) in [5.41, 5.74) is 8.62. The highest BCUT2D eigenvalue weighted by molar-refractivity contribution is 5.94. The molecule has 5 heteroatoms. The molecular weight excluding hydrogens is 362 g/mol. The monoisotopic (exact) mass is 393 g/mol. The quantitative estimate of drug-likeness (QED) is 0.785. The summed E-state index contributed by atoms with van der Waals surface area (Å²) >= 11 is 0. The number of hydrogen-bond donors (Lipinski definition) is 1. The highest BCUT2D eigenvalue weighted by Gasteiger charge is 2.31. The van der Waals surface area contributed by atoms with E-state index in [1.54, 1.807) is 0 Å². The van der Waals surface area contributed by atoms with Gasteiger partial charge in [0.15, 0.2) is 0 Å². The topological polar surface area (TPSA) is 66.6 Å². The number of amides is 2. The molecule has 1 aliphatic rings. The molecule has 0 radical (unpaired) electrons. The molecule has 0 aliphatic carbocycles. The summed E-state index contributed by atoms with van der Waals surface area (Å²) in [4.78, 5) is 29.9. The average Bonchev–Trinajstić information content (AvgIpc) is 2.77. The maximum atomic E-state index is 13.3. The number of nitrogens with two attached hydrogens (primary N) is 1. The van der Waals surface area contributed by atoms with Gasteiger partial charge in [0.2, 0.25) is 5.91 Å². The first-order valence-electron chi connectivity index (χ1n) is 10.5. The minimum atomic E-state index is -0.153. The van der Waals surface area contributed by atoms with Crippen LogP contribution in [0.15, 0.2) is 54.6 Å². The molecule has 1 saturated heterocycles. The summed E-state index contributed by atoms with van der Waals surface area (Å²) in [6, 6.07) is 17.7. The molecule has 2 N–H and O–H groups in total. The van der Waals surface area contributed by atoms with Gasteiger partial charge in [-0.05, 0) is 50.4 Å². The summed E-state index contributed by atoms with van der Waals surface area (Å²) in [6.45, 7) is 4.99. The predicted octanol–water partition coefficient (Wildman–Crippen LogP) is 3.22. The molecule has 0 spiro atoms. The number of hydrogen-bond acceptors (Lipinski definition) is 3. The molecule has 2 amide bonds. The van der Waals surface area contributed by atoms with Gasteiger partial charge in [-0.25, -0.2) is 0 Å². The van der Waals surface area contributed by atoms with Gasteiger partial charge < -0.3 is 15.5 Å². The van der Waals surface area contributed by atoms with Crippen LogP contribution in [0.4, 0.5) is 0 Å². The molecule has 2 aromatic carbocycles. The summed E-state index contributed by atoms with van der Waals surface area (Å²) in [5, 5.41) is 0. The largest absolute Gasteiger partial charge is 0.338 e. The van der Waals surface area contributed by atoms with E-state index in [0.717, 1.165) is 30.4 Å². The zero-order valence-corrected chi connectivity index (χ0v) is 17.2. The van der Waals surface area contributed by atoms with Gasteiger partial charge in [0.1, 0.15) is 0 Å². The van der Waals surface area contributed by atoms with Crippen LogP contribution in [0, 0.1) is 12.8 Å². The summed E-state index contributed by atoms with van der Waals surface area (Å²) in [6.07, 6.45) is 2.45. The van der Waals surface area contributed by atoms with Crippen molar-refractivity contribution in [1.29, 1.82) is 0 Å². The van der Waals surface area contributed by atoms with Gasteiger partial charge in [-0.15, -0.1) is 0 Å². The molecular formula is C24H31N3O2. The number of carbonyl (C=O) groups excluding carboxylic acids is 2. The lowest BCUT2D eigenvalue weighted by Crippen LogP contribution is -2.47. The molecule has 1 atom stereocenters. The van der Waals surface area contributed by atoms with Gasteiger partial charge in [-0.1, -0.05) is 48.0 Å². The normalized spacial score (nSPS) is 16.5. The van der Waals surface area contributed by atoms with Gasteiger partial charge in [0.25, 0.3) is 5.91 Å². The SMILES string of the molecule is Cc1ccc(C(=O)N2CCCC(C(=O)N(CCCN)Cc3ccccc3)C2)cc1. The molecule has 2 aromatic rings. The number of aryl methyl sites for hydroxylation is 1. The van der Waals surface area contributed by atoms with Gasteiger partial charge >= 0.3 is 0 Å². The van der Waals surface area contributed by atoms with E-state index in [1.807, 2.05) is 71.3 Å². The molecule has 0 bridgehead atoms. The fourth-order valence-corrected chi connectivity index (χ4v) is 3.85. The fraction of sp³-hybridized carbons (Fsp3) is 0.417. The third kappa shape index (κ3) is 5.67. The Labute approximate surface area is 173 Å². The van der Waals surface area contributed by atoms with Crippen LogP contribution in [0.2, 0.25) is 0 Å². The minimum absolute atomic E-state index is 0.0130. The van der Waals surface area contributed by atoms with Crippen LogP contribution in [0.25, 0.3) is 0 Å². The van der Waals surface area contributed by atoms with E-state index in [9.17, 15) is 9.59 Å². The Balaban J connectivity index is 1.68. The molecule has 3 rings (SSSR count). The van der Waals surface area contributed by atoms with Crippen molar-refractivity contribution in [3.63, 3.8) is 0 Å². The first-order chi connectivity index (χ1) is 14.1. The Kier molecular flexibility index (Phi) is 7.42. The van der Waals surface area contributed by atoms with Gasteiger partial charge in [-0.2, -0.15) is 0 Å². The van der Waals surface area contributed by atoms with Crippen LogP contribution in [0.3, 0.4) is 0 Å². The van der Waals surface area contributed by atoms with Gasteiger partial charge in [0, 0.05) is 31.7 Å². The zero-order valence-electron chi connectivity index (χ0n) is 17.2. The van der Waals surface area contributed by atoms with Crippen molar-refractivity contribution >= 4 is 11.8 Å². The maximum absolute atomic E-state index is 13.3. The lowest BCUT2D eigenvalue weighted by atomic mass is 9.95. The second-order valence-corrected chi connectivity index (χ2v) is 7.84. The Morgan fingerprint density at radius 1 is 1.10 bits per heavy atom. The predicted molar refractivity (Wildman–Crippen MR) is 115 cm³/mol. The van der Waals surface area contributed by atoms with E-state index in [-0.39, 0.29) is 17.7 Å². The molecule has 1 unspecified atom stereocenters. The summed E-state index contributed by atoms with van der Waals surface area (Å²) < 4.78 is 0. The third-order valence-electron chi connectivity index (χ3n) is 5.52. The molecule has 1 fully saturated rings. The molecule has 0 aromatic heterocycles. The van der Waals surface area contributed by atoms with Crippen LogP contribution in [-0.4, -0.2) is 47.8 Å². The van der Waals surface area contributed by atoms with Crippen molar-refractivity contribution in [2.75, 3.05) is 26.2 Å². The van der Waals surface area contributed by atoms with E-state index in [0.29, 0.717) is 38.3 Å². The van der Waals surface area contributed by atoms with Crippen LogP contribution in [0.1, 0.15) is 40.7 Å². The summed E-state index contributed by atoms with van der Waals surface area (Å²) in [7, 11) is 0. The van der Waals surface area contributed by atoms with E-state index in [2.05, 4.69) is 0 Å².